The van der Waals surface area contributed by atoms with Crippen molar-refractivity contribution >= 4 is 40.1 Å². The van der Waals surface area contributed by atoms with Crippen LogP contribution in [0.3, 0.4) is 0 Å². The summed E-state index contributed by atoms with van der Waals surface area (Å²) in [6, 6.07) is 13.9. The van der Waals surface area contributed by atoms with Crippen LogP contribution >= 0.6 is 0 Å². The molecule has 1 aliphatic rings. The lowest BCUT2D eigenvalue weighted by Crippen LogP contribution is -2.56. The SMILES string of the molecule is CC(=O)Nc1cccc2c(C(=O)C(=O)N3CCN(C(=O)c4ccccc4)C[C@H]3C)c[nH]c12. The van der Waals surface area contributed by atoms with Gasteiger partial charge in [-0.05, 0) is 25.1 Å². The van der Waals surface area contributed by atoms with E-state index in [2.05, 4.69) is 10.3 Å². The van der Waals surface area contributed by atoms with E-state index in [9.17, 15) is 19.2 Å². The zero-order valence-corrected chi connectivity index (χ0v) is 17.9. The number of piperazine rings is 1. The van der Waals surface area contributed by atoms with Gasteiger partial charge in [0, 0.05) is 49.7 Å². The Bertz CT molecular complexity index is 1200. The molecule has 3 aromatic rings. The summed E-state index contributed by atoms with van der Waals surface area (Å²) < 4.78 is 0. The second kappa shape index (κ2) is 8.66. The Kier molecular flexibility index (Phi) is 5.77. The first-order valence-corrected chi connectivity index (χ1v) is 10.4. The van der Waals surface area contributed by atoms with E-state index < -0.39 is 11.7 Å². The summed E-state index contributed by atoms with van der Waals surface area (Å²) in [7, 11) is 0. The number of ketones is 1. The van der Waals surface area contributed by atoms with Gasteiger partial charge in [-0.25, -0.2) is 0 Å². The molecule has 4 rings (SSSR count). The molecule has 1 saturated heterocycles. The minimum Gasteiger partial charge on any atom is -0.359 e. The highest BCUT2D eigenvalue weighted by Crippen LogP contribution is 2.26. The van der Waals surface area contributed by atoms with Gasteiger partial charge in [-0.1, -0.05) is 30.3 Å². The third kappa shape index (κ3) is 3.99. The van der Waals surface area contributed by atoms with Gasteiger partial charge in [-0.2, -0.15) is 0 Å². The number of aromatic amines is 1. The van der Waals surface area contributed by atoms with Gasteiger partial charge in [0.05, 0.1) is 16.8 Å². The molecule has 8 nitrogen and oxygen atoms in total. The first-order valence-electron chi connectivity index (χ1n) is 10.4. The van der Waals surface area contributed by atoms with Crippen LogP contribution in [0.4, 0.5) is 5.69 Å². The normalized spacial score (nSPS) is 16.1. The number of hydrogen-bond donors (Lipinski definition) is 2. The number of fused-ring (bicyclic) bond motifs is 1. The van der Waals surface area contributed by atoms with Crippen LogP contribution in [0.2, 0.25) is 0 Å². The minimum absolute atomic E-state index is 0.0852. The van der Waals surface area contributed by atoms with E-state index >= 15 is 0 Å². The van der Waals surface area contributed by atoms with Crippen molar-refractivity contribution < 1.29 is 19.2 Å². The van der Waals surface area contributed by atoms with Crippen LogP contribution in [0.15, 0.2) is 54.7 Å². The lowest BCUT2D eigenvalue weighted by Gasteiger charge is -2.39. The van der Waals surface area contributed by atoms with E-state index in [1.807, 2.05) is 25.1 Å². The van der Waals surface area contributed by atoms with Gasteiger partial charge >= 0.3 is 0 Å². The van der Waals surface area contributed by atoms with Gasteiger partial charge in [-0.15, -0.1) is 0 Å². The molecule has 3 amide bonds. The number of carbonyl (C=O) groups excluding carboxylic acids is 4. The number of rotatable bonds is 4. The lowest BCUT2D eigenvalue weighted by atomic mass is 10.1. The van der Waals surface area contributed by atoms with E-state index in [1.165, 1.54) is 18.0 Å². The molecule has 0 radical (unpaired) electrons. The maximum atomic E-state index is 13.1. The molecule has 1 aromatic heterocycles. The Morgan fingerprint density at radius 2 is 1.75 bits per heavy atom. The maximum Gasteiger partial charge on any atom is 0.295 e. The number of anilines is 1. The van der Waals surface area contributed by atoms with Gasteiger partial charge in [0.2, 0.25) is 5.91 Å². The second-order valence-corrected chi connectivity index (χ2v) is 7.91. The molecule has 32 heavy (non-hydrogen) atoms. The molecule has 2 aromatic carbocycles. The highest BCUT2D eigenvalue weighted by atomic mass is 16.2. The molecule has 0 spiro atoms. The van der Waals surface area contributed by atoms with Crippen molar-refractivity contribution in [3.05, 3.63) is 65.9 Å². The number of amides is 3. The first kappa shape index (κ1) is 21.3. The summed E-state index contributed by atoms with van der Waals surface area (Å²) in [5.41, 5.74) is 1.99. The van der Waals surface area contributed by atoms with E-state index in [-0.39, 0.29) is 30.0 Å². The van der Waals surface area contributed by atoms with Crippen molar-refractivity contribution in [2.45, 2.75) is 19.9 Å². The van der Waals surface area contributed by atoms with Crippen molar-refractivity contribution in [3.63, 3.8) is 0 Å². The number of H-pyrrole nitrogens is 1. The fourth-order valence-corrected chi connectivity index (χ4v) is 4.09. The van der Waals surface area contributed by atoms with Gasteiger partial charge in [0.15, 0.2) is 0 Å². The number of carbonyl (C=O) groups is 4. The number of benzene rings is 2. The Morgan fingerprint density at radius 3 is 2.44 bits per heavy atom. The second-order valence-electron chi connectivity index (χ2n) is 7.91. The average Bonchev–Trinajstić information content (AvgIpc) is 3.23. The zero-order chi connectivity index (χ0) is 22.8. The molecule has 0 aliphatic carbocycles. The summed E-state index contributed by atoms with van der Waals surface area (Å²) in [4.78, 5) is 56.5. The van der Waals surface area contributed by atoms with Crippen LogP contribution in [0.5, 0.6) is 0 Å². The van der Waals surface area contributed by atoms with Crippen LogP contribution in [-0.4, -0.2) is 64.0 Å². The summed E-state index contributed by atoms with van der Waals surface area (Å²) in [6.45, 7) is 4.23. The lowest BCUT2D eigenvalue weighted by molar-refractivity contribution is -0.130. The Labute approximate surface area is 185 Å². The number of hydrogen-bond acceptors (Lipinski definition) is 4. The van der Waals surface area contributed by atoms with Crippen molar-refractivity contribution in [1.82, 2.24) is 14.8 Å². The van der Waals surface area contributed by atoms with Gasteiger partial charge in [0.1, 0.15) is 0 Å². The fourth-order valence-electron chi connectivity index (χ4n) is 4.09. The van der Waals surface area contributed by atoms with Crippen LogP contribution in [0.1, 0.15) is 34.6 Å². The minimum atomic E-state index is -0.620. The number of para-hydroxylation sites is 1. The van der Waals surface area contributed by atoms with Gasteiger partial charge < -0.3 is 20.1 Å². The smallest absolute Gasteiger partial charge is 0.295 e. The van der Waals surface area contributed by atoms with Crippen LogP contribution in [0.25, 0.3) is 10.9 Å². The number of nitrogens with one attached hydrogen (secondary N) is 2. The molecule has 164 valence electrons. The predicted molar refractivity (Wildman–Crippen MR) is 120 cm³/mol. The van der Waals surface area contributed by atoms with Crippen molar-refractivity contribution in [3.8, 4) is 0 Å². The molecular weight excluding hydrogens is 408 g/mol. The van der Waals surface area contributed by atoms with Crippen LogP contribution in [-0.2, 0) is 9.59 Å². The summed E-state index contributed by atoms with van der Waals surface area (Å²) in [6.07, 6.45) is 1.50. The zero-order valence-electron chi connectivity index (χ0n) is 17.9. The van der Waals surface area contributed by atoms with Crippen molar-refractivity contribution in [2.75, 3.05) is 25.0 Å². The summed E-state index contributed by atoms with van der Waals surface area (Å²) in [5.74, 6) is -1.54. The molecule has 0 bridgehead atoms. The Morgan fingerprint density at radius 1 is 1.00 bits per heavy atom. The highest BCUT2D eigenvalue weighted by molar-refractivity contribution is 6.45. The maximum absolute atomic E-state index is 13.1. The molecule has 8 heteroatoms. The van der Waals surface area contributed by atoms with Gasteiger partial charge in [-0.3, -0.25) is 19.2 Å². The van der Waals surface area contributed by atoms with Crippen molar-refractivity contribution in [1.29, 1.82) is 0 Å². The Hall–Kier alpha value is -3.94. The molecule has 2 N–H and O–H groups in total. The van der Waals surface area contributed by atoms with E-state index in [4.69, 9.17) is 0 Å². The predicted octanol–water partition coefficient (Wildman–Crippen LogP) is 2.68. The highest BCUT2D eigenvalue weighted by Gasteiger charge is 2.34. The molecule has 0 saturated carbocycles. The van der Waals surface area contributed by atoms with E-state index in [1.54, 1.807) is 35.2 Å². The largest absolute Gasteiger partial charge is 0.359 e. The topological polar surface area (TPSA) is 103 Å². The molecule has 2 heterocycles. The fraction of sp³-hybridized carbons (Fsp3) is 0.250. The number of aromatic nitrogens is 1. The van der Waals surface area contributed by atoms with Crippen LogP contribution < -0.4 is 5.32 Å². The summed E-state index contributed by atoms with van der Waals surface area (Å²) in [5, 5.41) is 3.28. The average molecular weight is 432 g/mol. The third-order valence-electron chi connectivity index (χ3n) is 5.66. The monoisotopic (exact) mass is 432 g/mol. The van der Waals surface area contributed by atoms with E-state index in [0.717, 1.165) is 0 Å². The molecule has 1 aliphatic heterocycles. The number of nitrogens with zero attached hydrogens (tertiary/aromatic N) is 2. The molecule has 0 unspecified atom stereocenters. The summed E-state index contributed by atoms with van der Waals surface area (Å²) >= 11 is 0. The first-order chi connectivity index (χ1) is 15.4. The van der Waals surface area contributed by atoms with Gasteiger partial charge in [0.25, 0.3) is 17.6 Å². The van der Waals surface area contributed by atoms with E-state index in [0.29, 0.717) is 35.2 Å². The van der Waals surface area contributed by atoms with Crippen molar-refractivity contribution in [2.24, 2.45) is 0 Å². The number of Topliss-reactive ketones (excluding diaryl/α,β-unsaturated/α-hetero) is 1. The standard InChI is InChI=1S/C24H24N4O4/c1-15-14-27(23(31)17-7-4-3-5-8-17)11-12-28(15)24(32)22(30)19-13-25-21-18(19)9-6-10-20(21)26-16(2)29/h3-10,13,15,25H,11-12,14H2,1-2H3,(H,26,29)/t15-/m1/s1. The van der Waals surface area contributed by atoms with Crippen LogP contribution in [0, 0.1) is 0 Å². The quantitative estimate of drug-likeness (QED) is 0.489. The molecular formula is C24H24N4O4. The Balaban J connectivity index is 1.50. The third-order valence-corrected chi connectivity index (χ3v) is 5.66. The molecule has 1 fully saturated rings. The molecule has 1 atom stereocenters.